The summed E-state index contributed by atoms with van der Waals surface area (Å²) in [6, 6.07) is 0.504. The van der Waals surface area contributed by atoms with Gasteiger partial charge in [-0.1, -0.05) is 11.6 Å². The molecule has 0 N–H and O–H groups in total. The molecular weight excluding hydrogens is 198 g/mol. The first-order valence-electron chi connectivity index (χ1n) is 4.89. The first kappa shape index (κ1) is 9.71. The molecule has 1 fully saturated rings. The van der Waals surface area contributed by atoms with Crippen molar-refractivity contribution in [3.8, 4) is 0 Å². The van der Waals surface area contributed by atoms with Crippen molar-refractivity contribution in [2.24, 2.45) is 5.92 Å². The molecule has 1 aliphatic carbocycles. The van der Waals surface area contributed by atoms with Gasteiger partial charge in [0.15, 0.2) is 11.0 Å². The standard InChI is InChI=1S/C10H14ClN3/c1-7(8-3-4-8)14(2)10-9(11)12-5-6-13-10/h5-8H,3-4H2,1-2H3. The molecule has 14 heavy (non-hydrogen) atoms. The Morgan fingerprint density at radius 1 is 1.43 bits per heavy atom. The number of rotatable bonds is 3. The minimum atomic E-state index is 0.488. The lowest BCUT2D eigenvalue weighted by Crippen LogP contribution is -2.31. The Labute approximate surface area is 89.1 Å². The van der Waals surface area contributed by atoms with Gasteiger partial charge in [-0.05, 0) is 25.7 Å². The molecule has 1 unspecified atom stereocenters. The zero-order valence-corrected chi connectivity index (χ0v) is 9.20. The van der Waals surface area contributed by atoms with Crippen molar-refractivity contribution in [2.45, 2.75) is 25.8 Å². The number of hydrogen-bond donors (Lipinski definition) is 0. The number of anilines is 1. The largest absolute Gasteiger partial charge is 0.354 e. The molecule has 3 nitrogen and oxygen atoms in total. The van der Waals surface area contributed by atoms with Gasteiger partial charge in [-0.25, -0.2) is 9.97 Å². The van der Waals surface area contributed by atoms with E-state index in [9.17, 15) is 0 Å². The molecule has 4 heteroatoms. The van der Waals surface area contributed by atoms with Gasteiger partial charge in [0.25, 0.3) is 0 Å². The number of aromatic nitrogens is 2. The van der Waals surface area contributed by atoms with Gasteiger partial charge in [-0.15, -0.1) is 0 Å². The lowest BCUT2D eigenvalue weighted by atomic mass is 10.2. The minimum Gasteiger partial charge on any atom is -0.354 e. The van der Waals surface area contributed by atoms with Gasteiger partial charge in [-0.3, -0.25) is 0 Å². The maximum atomic E-state index is 5.97. The summed E-state index contributed by atoms with van der Waals surface area (Å²) >= 11 is 5.97. The van der Waals surface area contributed by atoms with Gasteiger partial charge in [0.05, 0.1) is 0 Å². The number of hydrogen-bond acceptors (Lipinski definition) is 3. The van der Waals surface area contributed by atoms with Crippen LogP contribution in [0.25, 0.3) is 0 Å². The molecule has 1 saturated carbocycles. The van der Waals surface area contributed by atoms with E-state index in [-0.39, 0.29) is 0 Å². The molecule has 1 heterocycles. The van der Waals surface area contributed by atoms with E-state index in [1.54, 1.807) is 12.4 Å². The van der Waals surface area contributed by atoms with Crippen molar-refractivity contribution in [1.29, 1.82) is 0 Å². The van der Waals surface area contributed by atoms with E-state index >= 15 is 0 Å². The van der Waals surface area contributed by atoms with Crippen molar-refractivity contribution in [3.05, 3.63) is 17.5 Å². The Morgan fingerprint density at radius 3 is 2.64 bits per heavy atom. The summed E-state index contributed by atoms with van der Waals surface area (Å²) in [5.74, 6) is 1.59. The van der Waals surface area contributed by atoms with Gasteiger partial charge in [-0.2, -0.15) is 0 Å². The van der Waals surface area contributed by atoms with E-state index < -0.39 is 0 Å². The van der Waals surface area contributed by atoms with Crippen LogP contribution in [0.1, 0.15) is 19.8 Å². The third-order valence-electron chi connectivity index (χ3n) is 2.89. The molecule has 1 aromatic rings. The van der Waals surface area contributed by atoms with Crippen molar-refractivity contribution in [1.82, 2.24) is 9.97 Å². The highest BCUT2D eigenvalue weighted by Gasteiger charge is 2.31. The van der Waals surface area contributed by atoms with E-state index in [1.807, 2.05) is 7.05 Å². The normalized spacial score (nSPS) is 17.9. The second kappa shape index (κ2) is 3.73. The van der Waals surface area contributed by atoms with Crippen LogP contribution in [0.15, 0.2) is 12.4 Å². The van der Waals surface area contributed by atoms with E-state index in [4.69, 9.17) is 11.6 Å². The molecule has 76 valence electrons. The van der Waals surface area contributed by atoms with Crippen LogP contribution in [-0.4, -0.2) is 23.1 Å². The fraction of sp³-hybridized carbons (Fsp3) is 0.600. The fourth-order valence-corrected chi connectivity index (χ4v) is 1.88. The Morgan fingerprint density at radius 2 is 2.07 bits per heavy atom. The molecule has 0 aliphatic heterocycles. The van der Waals surface area contributed by atoms with E-state index in [2.05, 4.69) is 21.8 Å². The predicted octanol–water partition coefficient (Wildman–Crippen LogP) is 2.36. The summed E-state index contributed by atoms with van der Waals surface area (Å²) in [5, 5.41) is 0.488. The third kappa shape index (κ3) is 1.82. The predicted molar refractivity (Wildman–Crippen MR) is 57.6 cm³/mol. The van der Waals surface area contributed by atoms with Crippen molar-refractivity contribution < 1.29 is 0 Å². The zero-order chi connectivity index (χ0) is 10.1. The molecule has 0 aromatic carbocycles. The van der Waals surface area contributed by atoms with Crippen LogP contribution in [0, 0.1) is 5.92 Å². The summed E-state index contributed by atoms with van der Waals surface area (Å²) in [5.41, 5.74) is 0. The van der Waals surface area contributed by atoms with Gasteiger partial charge in [0.1, 0.15) is 0 Å². The summed E-state index contributed by atoms with van der Waals surface area (Å²) in [7, 11) is 2.03. The SMILES string of the molecule is CC(C1CC1)N(C)c1nccnc1Cl. The smallest absolute Gasteiger partial charge is 0.171 e. The van der Waals surface area contributed by atoms with Gasteiger partial charge in [0, 0.05) is 25.5 Å². The summed E-state index contributed by atoms with van der Waals surface area (Å²) in [4.78, 5) is 10.4. The maximum absolute atomic E-state index is 5.97. The van der Waals surface area contributed by atoms with Gasteiger partial charge < -0.3 is 4.90 Å². The number of halogens is 1. The minimum absolute atomic E-state index is 0.488. The Balaban J connectivity index is 2.17. The van der Waals surface area contributed by atoms with Crippen LogP contribution in [-0.2, 0) is 0 Å². The van der Waals surface area contributed by atoms with E-state index in [0.29, 0.717) is 11.2 Å². The fourth-order valence-electron chi connectivity index (χ4n) is 1.64. The molecule has 0 amide bonds. The van der Waals surface area contributed by atoms with Crippen LogP contribution in [0.3, 0.4) is 0 Å². The monoisotopic (exact) mass is 211 g/mol. The lowest BCUT2D eigenvalue weighted by molar-refractivity contribution is 0.603. The number of nitrogens with zero attached hydrogens (tertiary/aromatic N) is 3. The van der Waals surface area contributed by atoms with Crippen LogP contribution >= 0.6 is 11.6 Å². The molecule has 0 saturated heterocycles. The molecule has 1 atom stereocenters. The van der Waals surface area contributed by atoms with Crippen LogP contribution in [0.5, 0.6) is 0 Å². The quantitative estimate of drug-likeness (QED) is 0.769. The Hall–Kier alpha value is -0.830. The van der Waals surface area contributed by atoms with Crippen molar-refractivity contribution in [3.63, 3.8) is 0 Å². The Bertz CT molecular complexity index is 325. The average Bonchev–Trinajstić information content (AvgIpc) is 3.00. The highest BCUT2D eigenvalue weighted by molar-refractivity contribution is 6.31. The molecule has 0 spiro atoms. The van der Waals surface area contributed by atoms with Crippen LogP contribution in [0.2, 0.25) is 5.15 Å². The molecule has 0 radical (unpaired) electrons. The first-order valence-corrected chi connectivity index (χ1v) is 5.27. The summed E-state index contributed by atoms with van der Waals surface area (Å²) in [6.07, 6.45) is 5.94. The Kier molecular flexibility index (Phi) is 2.59. The topological polar surface area (TPSA) is 29.0 Å². The van der Waals surface area contributed by atoms with E-state index in [1.165, 1.54) is 12.8 Å². The second-order valence-corrected chi connectivity index (χ2v) is 4.22. The summed E-state index contributed by atoms with van der Waals surface area (Å²) in [6.45, 7) is 2.21. The molecule has 2 rings (SSSR count). The average molecular weight is 212 g/mol. The van der Waals surface area contributed by atoms with Crippen molar-refractivity contribution >= 4 is 17.4 Å². The lowest BCUT2D eigenvalue weighted by Gasteiger charge is -2.25. The second-order valence-electron chi connectivity index (χ2n) is 3.86. The first-order chi connectivity index (χ1) is 6.70. The van der Waals surface area contributed by atoms with Gasteiger partial charge in [0.2, 0.25) is 0 Å². The maximum Gasteiger partial charge on any atom is 0.171 e. The van der Waals surface area contributed by atoms with Gasteiger partial charge >= 0.3 is 0 Å². The molecular formula is C10H14ClN3. The van der Waals surface area contributed by atoms with E-state index in [0.717, 1.165) is 11.7 Å². The van der Waals surface area contributed by atoms with Crippen LogP contribution in [0.4, 0.5) is 5.82 Å². The molecule has 1 aromatic heterocycles. The summed E-state index contributed by atoms with van der Waals surface area (Å²) < 4.78 is 0. The van der Waals surface area contributed by atoms with Crippen LogP contribution < -0.4 is 4.90 Å². The van der Waals surface area contributed by atoms with Crippen molar-refractivity contribution in [2.75, 3.05) is 11.9 Å². The third-order valence-corrected chi connectivity index (χ3v) is 3.15. The molecule has 1 aliphatic rings. The zero-order valence-electron chi connectivity index (χ0n) is 8.44. The highest BCUT2D eigenvalue weighted by atomic mass is 35.5. The highest BCUT2D eigenvalue weighted by Crippen LogP contribution is 2.36. The molecule has 0 bridgehead atoms.